The molecular formula is C14H14N2O3. The number of benzene rings is 1. The summed E-state index contributed by atoms with van der Waals surface area (Å²) < 4.78 is 0. The van der Waals surface area contributed by atoms with E-state index in [4.69, 9.17) is 5.11 Å². The smallest absolute Gasteiger partial charge is 0.325 e. The van der Waals surface area contributed by atoms with Crippen molar-refractivity contribution in [3.63, 3.8) is 0 Å². The van der Waals surface area contributed by atoms with Crippen LogP contribution >= 0.6 is 0 Å². The first kappa shape index (κ1) is 13.0. The van der Waals surface area contributed by atoms with E-state index in [2.05, 4.69) is 10.3 Å². The second-order valence-electron chi connectivity index (χ2n) is 4.36. The number of carbonyl (C=O) groups is 2. The molecule has 0 bridgehead atoms. The number of carboxylic acid groups (broad SMARTS) is 1. The molecule has 5 heteroatoms. The van der Waals surface area contributed by atoms with Crippen molar-refractivity contribution >= 4 is 22.8 Å². The molecule has 0 spiro atoms. The number of nitrogens with zero attached hydrogens (tertiary/aromatic N) is 1. The van der Waals surface area contributed by atoms with Crippen LogP contribution in [0.2, 0.25) is 0 Å². The van der Waals surface area contributed by atoms with Crippen molar-refractivity contribution in [1.82, 2.24) is 10.3 Å². The Balaban J connectivity index is 2.44. The molecule has 1 heterocycles. The molecule has 5 nitrogen and oxygen atoms in total. The highest BCUT2D eigenvalue weighted by molar-refractivity contribution is 6.07. The Kier molecular flexibility index (Phi) is 3.46. The monoisotopic (exact) mass is 258 g/mol. The molecule has 1 atom stereocenters. The van der Waals surface area contributed by atoms with E-state index in [1.54, 1.807) is 19.1 Å². The zero-order valence-electron chi connectivity index (χ0n) is 10.7. The van der Waals surface area contributed by atoms with Gasteiger partial charge in [-0.3, -0.25) is 14.6 Å². The van der Waals surface area contributed by atoms with Crippen molar-refractivity contribution in [2.75, 3.05) is 0 Å². The molecule has 1 amide bonds. The molecule has 98 valence electrons. The zero-order chi connectivity index (χ0) is 14.0. The van der Waals surface area contributed by atoms with Crippen LogP contribution in [0.5, 0.6) is 0 Å². The summed E-state index contributed by atoms with van der Waals surface area (Å²) in [5.74, 6) is -1.47. The molecule has 0 aliphatic heterocycles. The summed E-state index contributed by atoms with van der Waals surface area (Å²) in [5, 5.41) is 12.0. The number of nitrogens with one attached hydrogen (secondary N) is 1. The van der Waals surface area contributed by atoms with Crippen molar-refractivity contribution in [2.45, 2.75) is 19.9 Å². The minimum atomic E-state index is -1.07. The molecule has 0 aliphatic carbocycles. The topological polar surface area (TPSA) is 79.3 Å². The molecule has 0 aliphatic rings. The Hall–Kier alpha value is -2.43. The van der Waals surface area contributed by atoms with Crippen LogP contribution in [0.15, 0.2) is 30.3 Å². The maximum Gasteiger partial charge on any atom is 0.325 e. The normalized spacial score (nSPS) is 12.1. The number of carbonyl (C=O) groups excluding carboxylic acids is 1. The minimum absolute atomic E-state index is 0.406. The summed E-state index contributed by atoms with van der Waals surface area (Å²) in [6.45, 7) is 3.22. The summed E-state index contributed by atoms with van der Waals surface area (Å²) >= 11 is 0. The Bertz CT molecular complexity index is 652. The number of aromatic nitrogens is 1. The largest absolute Gasteiger partial charge is 0.480 e. The van der Waals surface area contributed by atoms with Gasteiger partial charge in [-0.15, -0.1) is 0 Å². The molecule has 0 saturated carbocycles. The molecule has 2 rings (SSSR count). The Morgan fingerprint density at radius 2 is 2.00 bits per heavy atom. The fourth-order valence-corrected chi connectivity index (χ4v) is 1.83. The number of aliphatic carboxylic acids is 1. The number of rotatable bonds is 3. The second-order valence-corrected chi connectivity index (χ2v) is 4.36. The van der Waals surface area contributed by atoms with Gasteiger partial charge in [-0.05, 0) is 26.0 Å². The van der Waals surface area contributed by atoms with Gasteiger partial charge in [-0.1, -0.05) is 18.2 Å². The summed E-state index contributed by atoms with van der Waals surface area (Å²) in [4.78, 5) is 27.2. The highest BCUT2D eigenvalue weighted by atomic mass is 16.4. The summed E-state index contributed by atoms with van der Waals surface area (Å²) in [5.41, 5.74) is 1.87. The van der Waals surface area contributed by atoms with Gasteiger partial charge < -0.3 is 10.4 Å². The van der Waals surface area contributed by atoms with E-state index < -0.39 is 17.9 Å². The van der Waals surface area contributed by atoms with E-state index in [-0.39, 0.29) is 0 Å². The zero-order valence-corrected chi connectivity index (χ0v) is 10.7. The fourth-order valence-electron chi connectivity index (χ4n) is 1.83. The van der Waals surface area contributed by atoms with Crippen molar-refractivity contribution in [1.29, 1.82) is 0 Å². The van der Waals surface area contributed by atoms with Gasteiger partial charge in [-0.25, -0.2) is 0 Å². The van der Waals surface area contributed by atoms with E-state index in [1.807, 2.05) is 18.2 Å². The van der Waals surface area contributed by atoms with Gasteiger partial charge in [0.2, 0.25) is 0 Å². The van der Waals surface area contributed by atoms with Gasteiger partial charge in [0, 0.05) is 11.1 Å². The Labute approximate surface area is 110 Å². The third-order valence-electron chi connectivity index (χ3n) is 2.81. The summed E-state index contributed by atoms with van der Waals surface area (Å²) in [6, 6.07) is 8.00. The van der Waals surface area contributed by atoms with Crippen LogP contribution < -0.4 is 5.32 Å². The van der Waals surface area contributed by atoms with Crippen LogP contribution in [-0.2, 0) is 4.79 Å². The van der Waals surface area contributed by atoms with Crippen LogP contribution in [0.3, 0.4) is 0 Å². The minimum Gasteiger partial charge on any atom is -0.480 e. The number of pyridine rings is 1. The van der Waals surface area contributed by atoms with Crippen LogP contribution in [0.4, 0.5) is 0 Å². The Morgan fingerprint density at radius 1 is 1.32 bits per heavy atom. The molecule has 0 unspecified atom stereocenters. The number of amides is 1. The van der Waals surface area contributed by atoms with Crippen LogP contribution in [-0.4, -0.2) is 28.0 Å². The average molecular weight is 258 g/mol. The van der Waals surface area contributed by atoms with E-state index in [0.29, 0.717) is 16.6 Å². The van der Waals surface area contributed by atoms with E-state index in [9.17, 15) is 9.59 Å². The average Bonchev–Trinajstić information content (AvgIpc) is 2.37. The SMILES string of the molecule is Cc1cc(C(=O)N[C@@H](C)C(=O)O)c2ccccc2n1. The predicted molar refractivity (Wildman–Crippen MR) is 71.0 cm³/mol. The summed E-state index contributed by atoms with van der Waals surface area (Å²) in [7, 11) is 0. The highest BCUT2D eigenvalue weighted by Gasteiger charge is 2.17. The Morgan fingerprint density at radius 3 is 2.68 bits per heavy atom. The van der Waals surface area contributed by atoms with Crippen LogP contribution in [0.25, 0.3) is 10.9 Å². The lowest BCUT2D eigenvalue weighted by Gasteiger charge is -2.11. The lowest BCUT2D eigenvalue weighted by atomic mass is 10.1. The lowest BCUT2D eigenvalue weighted by molar-refractivity contribution is -0.138. The number of aryl methyl sites for hydroxylation is 1. The van der Waals surface area contributed by atoms with Gasteiger partial charge >= 0.3 is 5.97 Å². The first-order chi connectivity index (χ1) is 8.99. The molecule has 19 heavy (non-hydrogen) atoms. The van der Waals surface area contributed by atoms with Crippen LogP contribution in [0.1, 0.15) is 23.0 Å². The summed E-state index contributed by atoms with van der Waals surface area (Å²) in [6.07, 6.45) is 0. The number of para-hydroxylation sites is 1. The van der Waals surface area contributed by atoms with E-state index in [0.717, 1.165) is 5.52 Å². The maximum atomic E-state index is 12.1. The highest BCUT2D eigenvalue weighted by Crippen LogP contribution is 2.18. The third-order valence-corrected chi connectivity index (χ3v) is 2.81. The molecule has 1 aromatic heterocycles. The number of carboxylic acids is 1. The van der Waals surface area contributed by atoms with E-state index in [1.165, 1.54) is 6.92 Å². The van der Waals surface area contributed by atoms with Crippen molar-refractivity contribution in [3.8, 4) is 0 Å². The first-order valence-corrected chi connectivity index (χ1v) is 5.89. The fraction of sp³-hybridized carbons (Fsp3) is 0.214. The quantitative estimate of drug-likeness (QED) is 0.879. The molecule has 1 aromatic carbocycles. The number of hydrogen-bond donors (Lipinski definition) is 2. The van der Waals surface area contributed by atoms with Gasteiger partial charge in [0.05, 0.1) is 11.1 Å². The van der Waals surface area contributed by atoms with E-state index >= 15 is 0 Å². The van der Waals surface area contributed by atoms with Crippen molar-refractivity contribution in [2.24, 2.45) is 0 Å². The van der Waals surface area contributed by atoms with Crippen LogP contribution in [0, 0.1) is 6.92 Å². The first-order valence-electron chi connectivity index (χ1n) is 5.89. The maximum absolute atomic E-state index is 12.1. The molecule has 0 radical (unpaired) electrons. The van der Waals surface area contributed by atoms with Gasteiger partial charge in [-0.2, -0.15) is 0 Å². The number of fused-ring (bicyclic) bond motifs is 1. The third kappa shape index (κ3) is 2.70. The molecule has 0 fully saturated rings. The standard InChI is InChI=1S/C14H14N2O3/c1-8-7-11(13(17)16-9(2)14(18)19)10-5-3-4-6-12(10)15-8/h3-7,9H,1-2H3,(H,16,17)(H,18,19)/t9-/m0/s1. The van der Waals surface area contributed by atoms with Gasteiger partial charge in [0.15, 0.2) is 0 Å². The lowest BCUT2D eigenvalue weighted by Crippen LogP contribution is -2.38. The van der Waals surface area contributed by atoms with Gasteiger partial charge in [0.25, 0.3) is 5.91 Å². The second kappa shape index (κ2) is 5.06. The molecular weight excluding hydrogens is 244 g/mol. The predicted octanol–water partition coefficient (Wildman–Crippen LogP) is 1.75. The molecule has 0 saturated heterocycles. The van der Waals surface area contributed by atoms with Gasteiger partial charge in [0.1, 0.15) is 6.04 Å². The molecule has 2 aromatic rings. The number of hydrogen-bond acceptors (Lipinski definition) is 3. The van der Waals surface area contributed by atoms with Crippen molar-refractivity contribution in [3.05, 3.63) is 41.6 Å². The van der Waals surface area contributed by atoms with Crippen molar-refractivity contribution < 1.29 is 14.7 Å². The molecule has 2 N–H and O–H groups in total.